The highest BCUT2D eigenvalue weighted by atomic mass is 79.9. The van der Waals surface area contributed by atoms with E-state index < -0.39 is 0 Å². The van der Waals surface area contributed by atoms with Crippen molar-refractivity contribution >= 4 is 15.9 Å². The van der Waals surface area contributed by atoms with E-state index in [9.17, 15) is 0 Å². The summed E-state index contributed by atoms with van der Waals surface area (Å²) in [6, 6.07) is 0. The lowest BCUT2D eigenvalue weighted by Crippen LogP contribution is -2.48. The Labute approximate surface area is 167 Å². The van der Waals surface area contributed by atoms with Crippen LogP contribution in [0, 0.1) is 0 Å². The van der Waals surface area contributed by atoms with Gasteiger partial charge in [-0.2, -0.15) is 0 Å². The van der Waals surface area contributed by atoms with Crippen LogP contribution in [0.25, 0.3) is 0 Å². The van der Waals surface area contributed by atoms with Crippen LogP contribution in [0.5, 0.6) is 0 Å². The van der Waals surface area contributed by atoms with E-state index in [0.717, 1.165) is 18.4 Å². The topological polar surface area (TPSA) is 35.2 Å². The third kappa shape index (κ3) is 16.3. The molecule has 2 nitrogen and oxygen atoms in total. The van der Waals surface area contributed by atoms with Gasteiger partial charge in [0.05, 0.1) is 12.7 Å². The molecule has 0 heterocycles. The first-order chi connectivity index (χ1) is 12.0. The van der Waals surface area contributed by atoms with Crippen molar-refractivity contribution in [1.82, 2.24) is 0 Å². The number of hydrogen-bond acceptors (Lipinski definition) is 2. The van der Waals surface area contributed by atoms with Crippen LogP contribution in [-0.2, 0) is 4.74 Å². The minimum absolute atomic E-state index is 0.132. The molecule has 152 valence electrons. The molecule has 0 spiro atoms. The Morgan fingerprint density at radius 2 is 1.20 bits per heavy atom. The van der Waals surface area contributed by atoms with Crippen LogP contribution in [0.4, 0.5) is 0 Å². The number of alkyl halides is 1. The second kappa shape index (κ2) is 17.8. The summed E-state index contributed by atoms with van der Waals surface area (Å²) < 4.78 is 5.75. The molecule has 0 amide bonds. The third-order valence-electron chi connectivity index (χ3n) is 5.44. The van der Waals surface area contributed by atoms with Crippen molar-refractivity contribution in [1.29, 1.82) is 0 Å². The molecule has 2 N–H and O–H groups in total. The zero-order valence-electron chi connectivity index (χ0n) is 17.5. The molecule has 2 atom stereocenters. The van der Waals surface area contributed by atoms with Gasteiger partial charge in [0, 0.05) is 10.9 Å². The molecule has 0 saturated carbocycles. The SMILES string of the molecule is CCCCCCCCCCCCCCCCC(C)(N)C(C)OCCBr. The van der Waals surface area contributed by atoms with E-state index in [0.29, 0.717) is 0 Å². The average molecular weight is 421 g/mol. The summed E-state index contributed by atoms with van der Waals surface area (Å²) in [5.41, 5.74) is 6.21. The lowest BCUT2D eigenvalue weighted by atomic mass is 9.90. The maximum Gasteiger partial charge on any atom is 0.0724 e. The van der Waals surface area contributed by atoms with Crippen molar-refractivity contribution in [3.05, 3.63) is 0 Å². The highest BCUT2D eigenvalue weighted by molar-refractivity contribution is 9.09. The molecule has 0 rings (SSSR count). The average Bonchev–Trinajstić information content (AvgIpc) is 2.59. The van der Waals surface area contributed by atoms with E-state index in [1.807, 2.05) is 0 Å². The number of rotatable bonds is 19. The van der Waals surface area contributed by atoms with Crippen molar-refractivity contribution < 1.29 is 4.74 Å². The van der Waals surface area contributed by atoms with E-state index in [2.05, 4.69) is 36.7 Å². The van der Waals surface area contributed by atoms with Gasteiger partial charge >= 0.3 is 0 Å². The molecule has 0 aromatic heterocycles. The molecule has 0 aliphatic carbocycles. The van der Waals surface area contributed by atoms with Crippen LogP contribution in [0.2, 0.25) is 0 Å². The summed E-state index contributed by atoms with van der Waals surface area (Å²) in [5.74, 6) is 0. The van der Waals surface area contributed by atoms with Crippen LogP contribution in [0.1, 0.15) is 117 Å². The van der Waals surface area contributed by atoms with Gasteiger partial charge in [0.15, 0.2) is 0 Å². The van der Waals surface area contributed by atoms with Gasteiger partial charge in [-0.05, 0) is 20.3 Å². The van der Waals surface area contributed by atoms with E-state index in [1.165, 1.54) is 89.9 Å². The zero-order chi connectivity index (χ0) is 18.8. The van der Waals surface area contributed by atoms with E-state index in [4.69, 9.17) is 10.5 Å². The summed E-state index contributed by atoms with van der Waals surface area (Å²) in [4.78, 5) is 0. The standard InChI is InChI=1S/C22H46BrNO/c1-4-5-6-7-8-9-10-11-12-13-14-15-16-17-18-22(3,24)21(2)25-20-19-23/h21H,4-20,24H2,1-3H3. The Morgan fingerprint density at radius 1 is 0.800 bits per heavy atom. The number of hydrogen-bond donors (Lipinski definition) is 1. The zero-order valence-corrected chi connectivity index (χ0v) is 19.0. The number of unbranched alkanes of at least 4 members (excludes halogenated alkanes) is 13. The van der Waals surface area contributed by atoms with E-state index >= 15 is 0 Å². The van der Waals surface area contributed by atoms with E-state index in [-0.39, 0.29) is 11.6 Å². The molecule has 0 radical (unpaired) electrons. The quantitative estimate of drug-likeness (QED) is 0.175. The molecule has 0 aromatic carbocycles. The van der Waals surface area contributed by atoms with E-state index in [1.54, 1.807) is 0 Å². The maximum absolute atomic E-state index is 6.41. The van der Waals surface area contributed by atoms with Gasteiger partial charge in [0.2, 0.25) is 0 Å². The molecule has 25 heavy (non-hydrogen) atoms. The normalized spacial score (nSPS) is 15.2. The summed E-state index contributed by atoms with van der Waals surface area (Å²) in [5, 5.41) is 0.881. The van der Waals surface area contributed by atoms with Gasteiger partial charge in [-0.3, -0.25) is 0 Å². The second-order valence-electron chi connectivity index (χ2n) is 8.05. The first kappa shape index (κ1) is 25.4. The summed E-state index contributed by atoms with van der Waals surface area (Å²) >= 11 is 3.40. The highest BCUT2D eigenvalue weighted by Crippen LogP contribution is 2.20. The number of halogens is 1. The van der Waals surface area contributed by atoms with Gasteiger partial charge < -0.3 is 10.5 Å². The molecule has 0 aromatic rings. The van der Waals surface area contributed by atoms with Gasteiger partial charge in [0.1, 0.15) is 0 Å². The molecule has 2 unspecified atom stereocenters. The predicted molar refractivity (Wildman–Crippen MR) is 117 cm³/mol. The molecular formula is C22H46BrNO. The molecular weight excluding hydrogens is 374 g/mol. The monoisotopic (exact) mass is 419 g/mol. The van der Waals surface area contributed by atoms with Crippen molar-refractivity contribution in [2.24, 2.45) is 5.73 Å². The Kier molecular flexibility index (Phi) is 18.1. The Morgan fingerprint density at radius 3 is 1.60 bits per heavy atom. The first-order valence-electron chi connectivity index (χ1n) is 11.0. The number of nitrogens with two attached hydrogens (primary N) is 1. The van der Waals surface area contributed by atoms with Gasteiger partial charge in [-0.25, -0.2) is 0 Å². The summed E-state index contributed by atoms with van der Waals surface area (Å²) in [6.45, 7) is 7.27. The molecule has 0 fully saturated rings. The lowest BCUT2D eigenvalue weighted by Gasteiger charge is -2.31. The Hall–Kier alpha value is 0.400. The van der Waals surface area contributed by atoms with Crippen LogP contribution < -0.4 is 5.73 Å². The fourth-order valence-corrected chi connectivity index (χ4v) is 3.50. The minimum Gasteiger partial charge on any atom is -0.376 e. The largest absolute Gasteiger partial charge is 0.376 e. The van der Waals surface area contributed by atoms with Gasteiger partial charge in [0.25, 0.3) is 0 Å². The fourth-order valence-electron chi connectivity index (χ4n) is 3.32. The lowest BCUT2D eigenvalue weighted by molar-refractivity contribution is 0.0225. The molecule has 0 saturated heterocycles. The maximum atomic E-state index is 6.41. The van der Waals surface area contributed by atoms with Crippen molar-refractivity contribution in [2.75, 3.05) is 11.9 Å². The van der Waals surface area contributed by atoms with Crippen molar-refractivity contribution in [2.45, 2.75) is 129 Å². The highest BCUT2D eigenvalue weighted by Gasteiger charge is 2.26. The smallest absolute Gasteiger partial charge is 0.0724 e. The van der Waals surface area contributed by atoms with Crippen molar-refractivity contribution in [3.63, 3.8) is 0 Å². The van der Waals surface area contributed by atoms with Crippen LogP contribution in [-0.4, -0.2) is 23.6 Å². The number of ether oxygens (including phenoxy) is 1. The Balaban J connectivity index is 3.33. The van der Waals surface area contributed by atoms with Crippen LogP contribution in [0.3, 0.4) is 0 Å². The predicted octanol–water partition coefficient (Wildman–Crippen LogP) is 7.38. The van der Waals surface area contributed by atoms with Crippen LogP contribution in [0.15, 0.2) is 0 Å². The Bertz CT molecular complexity index is 271. The minimum atomic E-state index is -0.195. The van der Waals surface area contributed by atoms with Crippen LogP contribution >= 0.6 is 15.9 Å². The fraction of sp³-hybridized carbons (Fsp3) is 1.00. The summed E-state index contributed by atoms with van der Waals surface area (Å²) in [7, 11) is 0. The molecule has 0 aliphatic rings. The molecule has 0 bridgehead atoms. The van der Waals surface area contributed by atoms with Gasteiger partial charge in [-0.15, -0.1) is 0 Å². The summed E-state index contributed by atoms with van der Waals surface area (Å²) in [6.07, 6.45) is 20.8. The van der Waals surface area contributed by atoms with Gasteiger partial charge in [-0.1, -0.05) is 113 Å². The first-order valence-corrected chi connectivity index (χ1v) is 12.1. The molecule has 3 heteroatoms. The third-order valence-corrected chi connectivity index (χ3v) is 5.77. The van der Waals surface area contributed by atoms with Crippen molar-refractivity contribution in [3.8, 4) is 0 Å². The molecule has 0 aliphatic heterocycles. The second-order valence-corrected chi connectivity index (χ2v) is 8.85.